The summed E-state index contributed by atoms with van der Waals surface area (Å²) in [5.41, 5.74) is 4.87. The van der Waals surface area contributed by atoms with Crippen LogP contribution in [0.25, 0.3) is 0 Å². The molecule has 2 aromatic rings. The van der Waals surface area contributed by atoms with Gasteiger partial charge in [0.05, 0.1) is 5.69 Å². The first-order valence-electron chi connectivity index (χ1n) is 8.03. The van der Waals surface area contributed by atoms with E-state index in [1.807, 2.05) is 0 Å². The highest BCUT2D eigenvalue weighted by Gasteiger charge is 2.27. The lowest BCUT2D eigenvalue weighted by atomic mass is 10.2. The van der Waals surface area contributed by atoms with Crippen molar-refractivity contribution in [1.29, 1.82) is 0 Å². The lowest BCUT2D eigenvalue weighted by Gasteiger charge is -2.25. The summed E-state index contributed by atoms with van der Waals surface area (Å²) < 4.78 is 20.7. The Balaban J connectivity index is 1.44. The molecule has 142 valence electrons. The van der Waals surface area contributed by atoms with Gasteiger partial charge in [0.2, 0.25) is 6.10 Å². The van der Waals surface area contributed by atoms with Gasteiger partial charge in [0.1, 0.15) is 17.9 Å². The molecular weight excluding hydrogens is 358 g/mol. The Morgan fingerprint density at radius 3 is 2.63 bits per heavy atom. The van der Waals surface area contributed by atoms with Gasteiger partial charge in [0.25, 0.3) is 11.8 Å². The number of aromatic nitrogens is 1. The zero-order valence-electron chi connectivity index (χ0n) is 14.6. The van der Waals surface area contributed by atoms with E-state index < -0.39 is 30.5 Å². The molecule has 1 aliphatic heterocycles. The van der Waals surface area contributed by atoms with Crippen LogP contribution < -0.4 is 20.3 Å². The van der Waals surface area contributed by atoms with Gasteiger partial charge in [0, 0.05) is 0 Å². The molecule has 0 saturated heterocycles. The van der Waals surface area contributed by atoms with Crippen LogP contribution in [0.3, 0.4) is 0 Å². The molecule has 1 aromatic carbocycles. The van der Waals surface area contributed by atoms with Gasteiger partial charge in [0.15, 0.2) is 18.1 Å². The van der Waals surface area contributed by atoms with Crippen molar-refractivity contribution in [3.8, 4) is 11.5 Å². The summed E-state index contributed by atoms with van der Waals surface area (Å²) in [6.45, 7) is 2.55. The molecule has 0 spiro atoms. The molecule has 0 aliphatic carbocycles. The Morgan fingerprint density at radius 1 is 1.19 bits per heavy atom. The second-order valence-electron chi connectivity index (χ2n) is 5.68. The van der Waals surface area contributed by atoms with Gasteiger partial charge in [-0.15, -0.1) is 0 Å². The molecule has 10 nitrogen and oxygen atoms in total. The van der Waals surface area contributed by atoms with Crippen LogP contribution >= 0.6 is 0 Å². The van der Waals surface area contributed by atoms with E-state index in [-0.39, 0.29) is 12.2 Å². The lowest BCUT2D eigenvalue weighted by molar-refractivity contribution is -0.135. The Morgan fingerprint density at radius 2 is 1.93 bits per heavy atom. The number of aryl methyl sites for hydroxylation is 2. The van der Waals surface area contributed by atoms with Crippen molar-refractivity contribution in [3.05, 3.63) is 41.3 Å². The van der Waals surface area contributed by atoms with Crippen LogP contribution in [0.2, 0.25) is 0 Å². The van der Waals surface area contributed by atoms with E-state index in [4.69, 9.17) is 18.7 Å². The number of nitrogens with zero attached hydrogens (tertiary/aromatic N) is 1. The molecule has 10 heteroatoms. The predicted octanol–water partition coefficient (Wildman–Crippen LogP) is 0.436. The van der Waals surface area contributed by atoms with Crippen LogP contribution in [0, 0.1) is 13.8 Å². The van der Waals surface area contributed by atoms with Crippen LogP contribution in [0.4, 0.5) is 0 Å². The zero-order chi connectivity index (χ0) is 19.4. The van der Waals surface area contributed by atoms with Gasteiger partial charge < -0.3 is 18.7 Å². The predicted molar refractivity (Wildman–Crippen MR) is 88.9 cm³/mol. The second-order valence-corrected chi connectivity index (χ2v) is 5.68. The van der Waals surface area contributed by atoms with Gasteiger partial charge in [-0.25, -0.2) is 4.79 Å². The minimum Gasteiger partial charge on any atom is -0.485 e. The highest BCUT2D eigenvalue weighted by Crippen LogP contribution is 2.30. The van der Waals surface area contributed by atoms with Gasteiger partial charge in [-0.2, -0.15) is 0 Å². The van der Waals surface area contributed by atoms with E-state index in [0.29, 0.717) is 23.0 Å². The van der Waals surface area contributed by atoms with Crippen molar-refractivity contribution in [2.45, 2.75) is 20.0 Å². The first-order chi connectivity index (χ1) is 13.0. The number of benzene rings is 1. The number of rotatable bonds is 4. The topological polar surface area (TPSA) is 129 Å². The third-order valence-corrected chi connectivity index (χ3v) is 3.70. The number of carbonyl (C=O) groups is 3. The number of hydrazine groups is 1. The summed E-state index contributed by atoms with van der Waals surface area (Å²) in [7, 11) is 0. The smallest absolute Gasteiger partial charge is 0.344 e. The summed E-state index contributed by atoms with van der Waals surface area (Å²) >= 11 is 0. The summed E-state index contributed by atoms with van der Waals surface area (Å²) in [5, 5.41) is 3.63. The molecule has 1 aliphatic rings. The van der Waals surface area contributed by atoms with E-state index in [1.165, 1.54) is 0 Å². The van der Waals surface area contributed by atoms with Crippen LogP contribution in [-0.4, -0.2) is 42.3 Å². The molecule has 27 heavy (non-hydrogen) atoms. The number of hydrogen-bond acceptors (Lipinski definition) is 8. The molecule has 0 unspecified atom stereocenters. The van der Waals surface area contributed by atoms with Crippen LogP contribution in [0.5, 0.6) is 11.5 Å². The van der Waals surface area contributed by atoms with Gasteiger partial charge in [-0.1, -0.05) is 17.3 Å². The molecule has 3 rings (SSSR count). The number of fused-ring (bicyclic) bond motifs is 1. The zero-order valence-corrected chi connectivity index (χ0v) is 14.6. The van der Waals surface area contributed by atoms with Crippen molar-refractivity contribution in [2.75, 3.05) is 13.2 Å². The summed E-state index contributed by atoms with van der Waals surface area (Å²) in [4.78, 5) is 35.8. The number of ether oxygens (including phenoxy) is 3. The minimum atomic E-state index is -0.926. The Kier molecular flexibility index (Phi) is 5.25. The first kappa shape index (κ1) is 18.2. The molecule has 2 N–H and O–H groups in total. The summed E-state index contributed by atoms with van der Waals surface area (Å²) in [6.07, 6.45) is -0.926. The molecule has 1 aromatic heterocycles. The fourth-order valence-corrected chi connectivity index (χ4v) is 2.37. The van der Waals surface area contributed by atoms with Crippen molar-refractivity contribution in [2.24, 2.45) is 0 Å². The Labute approximate surface area is 153 Å². The van der Waals surface area contributed by atoms with E-state index in [1.54, 1.807) is 38.1 Å². The summed E-state index contributed by atoms with van der Waals surface area (Å²) in [6, 6.07) is 6.92. The fourth-order valence-electron chi connectivity index (χ4n) is 2.37. The van der Waals surface area contributed by atoms with Gasteiger partial charge >= 0.3 is 5.97 Å². The highest BCUT2D eigenvalue weighted by molar-refractivity contribution is 5.93. The standard InChI is InChI=1S/C17H17N3O7/c1-9-15(10(2)27-20-9)17(23)25-8-14(21)18-19-16(22)13-7-24-11-5-3-4-6-12(11)26-13/h3-6,13H,7-8H2,1-2H3,(H,18,21)(H,19,22)/t13-/m0/s1. The van der Waals surface area contributed by atoms with Crippen LogP contribution in [0.15, 0.2) is 28.8 Å². The molecule has 0 fully saturated rings. The maximum Gasteiger partial charge on any atom is 0.344 e. The van der Waals surface area contributed by atoms with Crippen LogP contribution in [-0.2, 0) is 14.3 Å². The monoisotopic (exact) mass is 375 g/mol. The molecule has 2 amide bonds. The van der Waals surface area contributed by atoms with Crippen LogP contribution in [0.1, 0.15) is 21.8 Å². The van der Waals surface area contributed by atoms with E-state index in [2.05, 4.69) is 16.0 Å². The molecule has 0 bridgehead atoms. The SMILES string of the molecule is Cc1noc(C)c1C(=O)OCC(=O)NNC(=O)[C@@H]1COc2ccccc2O1. The molecular formula is C17H17N3O7. The van der Waals surface area contributed by atoms with Gasteiger partial charge in [-0.3, -0.25) is 20.4 Å². The number of carbonyl (C=O) groups excluding carboxylic acids is 3. The van der Waals surface area contributed by atoms with Crippen molar-refractivity contribution >= 4 is 17.8 Å². The summed E-state index contributed by atoms with van der Waals surface area (Å²) in [5.74, 6) is -0.801. The largest absolute Gasteiger partial charge is 0.485 e. The lowest BCUT2D eigenvalue weighted by Crippen LogP contribution is -2.51. The van der Waals surface area contributed by atoms with Crippen molar-refractivity contribution in [1.82, 2.24) is 16.0 Å². The van der Waals surface area contributed by atoms with E-state index >= 15 is 0 Å². The highest BCUT2D eigenvalue weighted by atomic mass is 16.6. The number of nitrogens with one attached hydrogen (secondary N) is 2. The Bertz CT molecular complexity index is 858. The number of amides is 2. The third-order valence-electron chi connectivity index (χ3n) is 3.70. The molecule has 2 heterocycles. The van der Waals surface area contributed by atoms with E-state index in [9.17, 15) is 14.4 Å². The maximum atomic E-state index is 12.1. The fraction of sp³-hybridized carbons (Fsp3) is 0.294. The van der Waals surface area contributed by atoms with Crippen molar-refractivity contribution < 1.29 is 33.1 Å². The molecule has 1 atom stereocenters. The van der Waals surface area contributed by atoms with Crippen molar-refractivity contribution in [3.63, 3.8) is 0 Å². The Hall–Kier alpha value is -3.56. The average molecular weight is 375 g/mol. The quantitative estimate of drug-likeness (QED) is 0.582. The number of para-hydroxylation sites is 2. The number of hydrogen-bond donors (Lipinski definition) is 2. The third kappa shape index (κ3) is 4.17. The maximum absolute atomic E-state index is 12.1. The molecule has 0 saturated carbocycles. The molecule has 0 radical (unpaired) electrons. The first-order valence-corrected chi connectivity index (χ1v) is 8.03. The second kappa shape index (κ2) is 7.77. The van der Waals surface area contributed by atoms with E-state index in [0.717, 1.165) is 0 Å². The minimum absolute atomic E-state index is 0.000252. The number of esters is 1. The van der Waals surface area contributed by atoms with Gasteiger partial charge in [-0.05, 0) is 26.0 Å². The normalized spacial score (nSPS) is 15.0. The average Bonchev–Trinajstić information content (AvgIpc) is 3.02.